The summed E-state index contributed by atoms with van der Waals surface area (Å²) in [5.74, 6) is 3.02. The molecule has 1 aliphatic heterocycles. The fourth-order valence-electron chi connectivity index (χ4n) is 3.21. The van der Waals surface area contributed by atoms with Crippen molar-refractivity contribution in [3.05, 3.63) is 47.8 Å². The highest BCUT2D eigenvalue weighted by Crippen LogP contribution is 2.21. The predicted molar refractivity (Wildman–Crippen MR) is 96.6 cm³/mol. The van der Waals surface area contributed by atoms with Crippen molar-refractivity contribution in [3.8, 4) is 18.0 Å². The third-order valence-electron chi connectivity index (χ3n) is 4.68. The number of piperidine rings is 1. The van der Waals surface area contributed by atoms with Crippen LogP contribution in [0.25, 0.3) is 5.69 Å². The quantitative estimate of drug-likeness (QED) is 0.622. The topological polar surface area (TPSA) is 47.4 Å². The van der Waals surface area contributed by atoms with Crippen LogP contribution >= 0.6 is 0 Å². The standard InChI is InChI=1S/C20H23N3O2/c1-3-13-25-15-17-9-11-22(12-10-17)20(24)19-14-21-23(16(19)2)18-7-5-4-6-8-18/h1,4-8,14,17H,9-13,15H2,2H3. The molecule has 2 aromatic rings. The van der Waals surface area contributed by atoms with Crippen LogP contribution in [-0.4, -0.2) is 46.9 Å². The number of hydrogen-bond acceptors (Lipinski definition) is 3. The third-order valence-corrected chi connectivity index (χ3v) is 4.68. The predicted octanol–water partition coefficient (Wildman–Crippen LogP) is 2.68. The first-order chi connectivity index (χ1) is 12.2. The molecule has 0 spiro atoms. The Morgan fingerprint density at radius 3 is 2.72 bits per heavy atom. The molecule has 5 heteroatoms. The SMILES string of the molecule is C#CCOCC1CCN(C(=O)c2cnn(-c3ccccc3)c2C)CC1. The van der Waals surface area contributed by atoms with Gasteiger partial charge in [0.2, 0.25) is 0 Å². The second-order valence-electron chi connectivity index (χ2n) is 6.35. The Morgan fingerprint density at radius 2 is 2.04 bits per heavy atom. The first-order valence-corrected chi connectivity index (χ1v) is 8.61. The van der Waals surface area contributed by atoms with Gasteiger partial charge in [0.15, 0.2) is 0 Å². The zero-order valence-electron chi connectivity index (χ0n) is 14.5. The first-order valence-electron chi connectivity index (χ1n) is 8.61. The van der Waals surface area contributed by atoms with Crippen LogP contribution < -0.4 is 0 Å². The van der Waals surface area contributed by atoms with Gasteiger partial charge in [0.05, 0.1) is 29.7 Å². The molecule has 1 aromatic carbocycles. The molecule has 0 aliphatic carbocycles. The third kappa shape index (κ3) is 3.92. The lowest BCUT2D eigenvalue weighted by molar-refractivity contribution is 0.0581. The van der Waals surface area contributed by atoms with Gasteiger partial charge in [-0.05, 0) is 37.8 Å². The Morgan fingerprint density at radius 1 is 1.32 bits per heavy atom. The fourth-order valence-corrected chi connectivity index (χ4v) is 3.21. The summed E-state index contributed by atoms with van der Waals surface area (Å²) in [4.78, 5) is 14.8. The van der Waals surface area contributed by atoms with E-state index in [-0.39, 0.29) is 5.91 Å². The molecule has 5 nitrogen and oxygen atoms in total. The van der Waals surface area contributed by atoms with Crippen LogP contribution in [0.1, 0.15) is 28.9 Å². The molecule has 1 aliphatic rings. The van der Waals surface area contributed by atoms with Crippen molar-refractivity contribution in [2.45, 2.75) is 19.8 Å². The minimum Gasteiger partial charge on any atom is -0.369 e. The summed E-state index contributed by atoms with van der Waals surface area (Å²) in [7, 11) is 0. The maximum absolute atomic E-state index is 12.8. The number of ether oxygens (including phenoxy) is 1. The molecule has 0 unspecified atom stereocenters. The zero-order valence-corrected chi connectivity index (χ0v) is 14.5. The number of carbonyl (C=O) groups excluding carboxylic acids is 1. The average Bonchev–Trinajstić information content (AvgIpc) is 3.04. The molecular formula is C20H23N3O2. The Labute approximate surface area is 148 Å². The van der Waals surface area contributed by atoms with E-state index in [1.54, 1.807) is 6.20 Å². The minimum atomic E-state index is 0.0580. The molecule has 2 heterocycles. The molecule has 3 rings (SSSR count). The number of terminal acetylenes is 1. The van der Waals surface area contributed by atoms with Crippen molar-refractivity contribution < 1.29 is 9.53 Å². The highest BCUT2D eigenvalue weighted by Gasteiger charge is 2.26. The van der Waals surface area contributed by atoms with Crippen molar-refractivity contribution in [2.75, 3.05) is 26.3 Å². The molecule has 0 N–H and O–H groups in total. The number of hydrogen-bond donors (Lipinski definition) is 0. The van der Waals surface area contributed by atoms with E-state index in [1.807, 2.05) is 46.8 Å². The van der Waals surface area contributed by atoms with E-state index in [4.69, 9.17) is 11.2 Å². The van der Waals surface area contributed by atoms with E-state index in [0.717, 1.165) is 37.3 Å². The number of para-hydroxylation sites is 1. The molecule has 25 heavy (non-hydrogen) atoms. The molecule has 1 aromatic heterocycles. The van der Waals surface area contributed by atoms with Crippen molar-refractivity contribution in [1.29, 1.82) is 0 Å². The van der Waals surface area contributed by atoms with E-state index >= 15 is 0 Å². The highest BCUT2D eigenvalue weighted by atomic mass is 16.5. The van der Waals surface area contributed by atoms with E-state index in [1.165, 1.54) is 0 Å². The van der Waals surface area contributed by atoms with E-state index in [2.05, 4.69) is 11.0 Å². The summed E-state index contributed by atoms with van der Waals surface area (Å²) >= 11 is 0. The Hall–Kier alpha value is -2.58. The van der Waals surface area contributed by atoms with E-state index in [9.17, 15) is 4.79 Å². The molecule has 1 fully saturated rings. The van der Waals surface area contributed by atoms with Crippen LogP contribution in [0.3, 0.4) is 0 Å². The number of likely N-dealkylation sites (tertiary alicyclic amines) is 1. The molecule has 0 saturated carbocycles. The van der Waals surface area contributed by atoms with Gasteiger partial charge in [-0.1, -0.05) is 24.1 Å². The van der Waals surface area contributed by atoms with Gasteiger partial charge >= 0.3 is 0 Å². The number of carbonyl (C=O) groups is 1. The number of amides is 1. The number of rotatable bonds is 5. The monoisotopic (exact) mass is 337 g/mol. The van der Waals surface area contributed by atoms with Crippen LogP contribution in [0.2, 0.25) is 0 Å². The van der Waals surface area contributed by atoms with Gasteiger partial charge in [-0.25, -0.2) is 4.68 Å². The van der Waals surface area contributed by atoms with Crippen molar-refractivity contribution in [2.24, 2.45) is 5.92 Å². The molecule has 1 saturated heterocycles. The molecule has 0 radical (unpaired) electrons. The molecule has 130 valence electrons. The summed E-state index contributed by atoms with van der Waals surface area (Å²) in [6, 6.07) is 9.85. The highest BCUT2D eigenvalue weighted by molar-refractivity contribution is 5.95. The largest absolute Gasteiger partial charge is 0.369 e. The summed E-state index contributed by atoms with van der Waals surface area (Å²) < 4.78 is 7.23. The Bertz CT molecular complexity index is 753. The summed E-state index contributed by atoms with van der Waals surface area (Å²) in [5.41, 5.74) is 2.50. The van der Waals surface area contributed by atoms with Gasteiger partial charge in [-0.2, -0.15) is 5.10 Å². The maximum atomic E-state index is 12.8. The van der Waals surface area contributed by atoms with Crippen molar-refractivity contribution in [1.82, 2.24) is 14.7 Å². The molecule has 1 amide bonds. The van der Waals surface area contributed by atoms with Gasteiger partial charge < -0.3 is 9.64 Å². The van der Waals surface area contributed by atoms with E-state index in [0.29, 0.717) is 24.7 Å². The second-order valence-corrected chi connectivity index (χ2v) is 6.35. The lowest BCUT2D eigenvalue weighted by Gasteiger charge is -2.31. The number of nitrogens with zero attached hydrogens (tertiary/aromatic N) is 3. The van der Waals surface area contributed by atoms with Gasteiger partial charge in [0.25, 0.3) is 5.91 Å². The van der Waals surface area contributed by atoms with Gasteiger partial charge in [-0.15, -0.1) is 6.42 Å². The van der Waals surface area contributed by atoms with E-state index < -0.39 is 0 Å². The summed E-state index contributed by atoms with van der Waals surface area (Å²) in [6.07, 6.45) is 8.76. The Balaban J connectivity index is 1.63. The normalized spacial score (nSPS) is 15.1. The van der Waals surface area contributed by atoms with Crippen molar-refractivity contribution in [3.63, 3.8) is 0 Å². The van der Waals surface area contributed by atoms with Crippen LogP contribution in [0.4, 0.5) is 0 Å². The number of benzene rings is 1. The van der Waals surface area contributed by atoms with Gasteiger partial charge in [0, 0.05) is 13.1 Å². The van der Waals surface area contributed by atoms with Crippen LogP contribution in [0.5, 0.6) is 0 Å². The summed E-state index contributed by atoms with van der Waals surface area (Å²) in [6.45, 7) is 4.47. The molecule has 0 bridgehead atoms. The molecule has 0 atom stereocenters. The van der Waals surface area contributed by atoms with Crippen molar-refractivity contribution >= 4 is 5.91 Å². The van der Waals surface area contributed by atoms with Crippen LogP contribution in [0.15, 0.2) is 36.5 Å². The second kappa shape index (κ2) is 8.00. The number of aromatic nitrogens is 2. The zero-order chi connectivity index (χ0) is 17.6. The first kappa shape index (κ1) is 17.2. The lowest BCUT2D eigenvalue weighted by Crippen LogP contribution is -2.39. The fraction of sp³-hybridized carbons (Fsp3) is 0.400. The summed E-state index contributed by atoms with van der Waals surface area (Å²) in [5, 5.41) is 4.40. The molecular weight excluding hydrogens is 314 g/mol. The smallest absolute Gasteiger partial charge is 0.257 e. The average molecular weight is 337 g/mol. The maximum Gasteiger partial charge on any atom is 0.257 e. The minimum absolute atomic E-state index is 0.0580. The van der Waals surface area contributed by atoms with Crippen LogP contribution in [-0.2, 0) is 4.74 Å². The lowest BCUT2D eigenvalue weighted by atomic mass is 9.97. The van der Waals surface area contributed by atoms with Gasteiger partial charge in [0.1, 0.15) is 6.61 Å². The van der Waals surface area contributed by atoms with Crippen LogP contribution in [0, 0.1) is 25.2 Å². The van der Waals surface area contributed by atoms with Gasteiger partial charge in [-0.3, -0.25) is 4.79 Å². The Kier molecular flexibility index (Phi) is 5.52.